The van der Waals surface area contributed by atoms with Gasteiger partial charge in [0.15, 0.2) is 0 Å². The van der Waals surface area contributed by atoms with Crippen molar-refractivity contribution in [2.75, 3.05) is 0 Å². The average molecular weight is 126 g/mol. The molecule has 1 rings (SSSR count). The summed E-state index contributed by atoms with van der Waals surface area (Å²) in [5.41, 5.74) is 0. The Bertz CT molecular complexity index is 146. The molecule has 1 radical (unpaired) electrons. The molecule has 0 bridgehead atoms. The number of hydrogen-bond acceptors (Lipinski definition) is 2. The van der Waals surface area contributed by atoms with Crippen molar-refractivity contribution < 1.29 is 9.59 Å². The number of amides is 2. The first-order valence-corrected chi connectivity index (χ1v) is 2.92. The van der Waals surface area contributed by atoms with Crippen LogP contribution in [0.15, 0.2) is 0 Å². The van der Waals surface area contributed by atoms with Crippen molar-refractivity contribution in [2.24, 2.45) is 11.8 Å². The monoisotopic (exact) mass is 126 g/mol. The predicted molar refractivity (Wildman–Crippen MR) is 30.5 cm³/mol. The molecule has 1 aliphatic heterocycles. The highest BCUT2D eigenvalue weighted by Crippen LogP contribution is 2.17. The van der Waals surface area contributed by atoms with Crippen LogP contribution in [0, 0.1) is 11.8 Å². The van der Waals surface area contributed by atoms with Gasteiger partial charge in [-0.05, 0) is 0 Å². The van der Waals surface area contributed by atoms with Crippen molar-refractivity contribution in [1.82, 2.24) is 5.32 Å². The molecule has 1 aliphatic rings. The van der Waals surface area contributed by atoms with Crippen LogP contribution in [0.2, 0.25) is 0 Å². The van der Waals surface area contributed by atoms with Crippen LogP contribution in [0.4, 0.5) is 0 Å². The molecule has 1 fully saturated rings. The first-order chi connectivity index (χ1) is 4.13. The lowest BCUT2D eigenvalue weighted by atomic mass is 10.00. The first kappa shape index (κ1) is 6.26. The highest BCUT2D eigenvalue weighted by atomic mass is 16.2. The molecule has 0 aromatic heterocycles. The molecule has 0 saturated carbocycles. The van der Waals surface area contributed by atoms with E-state index in [4.69, 9.17) is 0 Å². The molecule has 0 aromatic rings. The Morgan fingerprint density at radius 1 is 1.11 bits per heavy atom. The second kappa shape index (κ2) is 1.83. The minimum Gasteiger partial charge on any atom is -0.272 e. The summed E-state index contributed by atoms with van der Waals surface area (Å²) in [5, 5.41) is 3.27. The van der Waals surface area contributed by atoms with Gasteiger partial charge < -0.3 is 0 Å². The van der Waals surface area contributed by atoms with E-state index in [-0.39, 0.29) is 23.7 Å². The number of nitrogens with zero attached hydrogens (tertiary/aromatic N) is 1. The van der Waals surface area contributed by atoms with Crippen LogP contribution in [-0.4, -0.2) is 11.8 Å². The van der Waals surface area contributed by atoms with Crippen molar-refractivity contribution in [3.8, 4) is 0 Å². The molecule has 0 spiro atoms. The summed E-state index contributed by atoms with van der Waals surface area (Å²) in [6, 6.07) is 0. The third-order valence-corrected chi connectivity index (χ3v) is 1.75. The minimum absolute atomic E-state index is 0.197. The summed E-state index contributed by atoms with van der Waals surface area (Å²) >= 11 is 0. The molecule has 1 saturated heterocycles. The molecule has 9 heavy (non-hydrogen) atoms. The molecule has 49 valence electrons. The van der Waals surface area contributed by atoms with Gasteiger partial charge in [0.2, 0.25) is 0 Å². The van der Waals surface area contributed by atoms with Gasteiger partial charge in [0.05, 0.1) is 0 Å². The Labute approximate surface area is 53.4 Å². The van der Waals surface area contributed by atoms with Crippen LogP contribution >= 0.6 is 0 Å². The molecule has 3 heteroatoms. The molecule has 0 aliphatic carbocycles. The zero-order chi connectivity index (χ0) is 7.02. The summed E-state index contributed by atoms with van der Waals surface area (Å²) in [6.07, 6.45) is 0. The van der Waals surface area contributed by atoms with E-state index in [0.717, 1.165) is 0 Å². The van der Waals surface area contributed by atoms with Crippen molar-refractivity contribution in [1.29, 1.82) is 0 Å². The largest absolute Gasteiger partial charge is 0.272 e. The van der Waals surface area contributed by atoms with Gasteiger partial charge in [-0.1, -0.05) is 13.8 Å². The van der Waals surface area contributed by atoms with Crippen molar-refractivity contribution in [2.45, 2.75) is 13.8 Å². The maximum atomic E-state index is 10.6. The molecule has 3 nitrogen and oxygen atoms in total. The lowest BCUT2D eigenvalue weighted by Gasteiger charge is -1.98. The lowest BCUT2D eigenvalue weighted by molar-refractivity contribution is -0.126. The highest BCUT2D eigenvalue weighted by Gasteiger charge is 2.36. The molecular formula is C6H8NO2. The Morgan fingerprint density at radius 3 is 1.56 bits per heavy atom. The van der Waals surface area contributed by atoms with Gasteiger partial charge in [0.25, 0.3) is 11.8 Å². The van der Waals surface area contributed by atoms with E-state index >= 15 is 0 Å². The zero-order valence-corrected chi connectivity index (χ0v) is 5.42. The lowest BCUT2D eigenvalue weighted by Crippen LogP contribution is -2.12. The van der Waals surface area contributed by atoms with E-state index in [1.807, 2.05) is 0 Å². The Hall–Kier alpha value is -0.860. The quantitative estimate of drug-likeness (QED) is 0.426. The van der Waals surface area contributed by atoms with E-state index < -0.39 is 0 Å². The predicted octanol–water partition coefficient (Wildman–Crippen LogP) is -0.0702. The van der Waals surface area contributed by atoms with E-state index in [0.29, 0.717) is 0 Å². The Morgan fingerprint density at radius 2 is 1.44 bits per heavy atom. The second-order valence-electron chi connectivity index (χ2n) is 2.37. The maximum absolute atomic E-state index is 10.6. The summed E-state index contributed by atoms with van der Waals surface area (Å²) in [7, 11) is 0. The van der Waals surface area contributed by atoms with Crippen LogP contribution in [0.3, 0.4) is 0 Å². The fourth-order valence-corrected chi connectivity index (χ4v) is 0.740. The third kappa shape index (κ3) is 0.823. The first-order valence-electron chi connectivity index (χ1n) is 2.92. The molecule has 2 amide bonds. The van der Waals surface area contributed by atoms with E-state index in [2.05, 4.69) is 5.32 Å². The number of imide groups is 1. The number of carbonyl (C=O) groups is 2. The molecule has 2 atom stereocenters. The van der Waals surface area contributed by atoms with Gasteiger partial charge in [0, 0.05) is 11.8 Å². The van der Waals surface area contributed by atoms with Crippen LogP contribution < -0.4 is 5.32 Å². The normalized spacial score (nSPS) is 34.9. The molecule has 1 heterocycles. The highest BCUT2D eigenvalue weighted by molar-refractivity contribution is 6.04. The summed E-state index contributed by atoms with van der Waals surface area (Å²) in [4.78, 5) is 21.2. The average Bonchev–Trinajstić information content (AvgIpc) is 1.98. The summed E-state index contributed by atoms with van der Waals surface area (Å²) in [5.74, 6) is -0.935. The van der Waals surface area contributed by atoms with E-state index in [1.165, 1.54) is 0 Å². The zero-order valence-electron chi connectivity index (χ0n) is 5.42. The van der Waals surface area contributed by atoms with Gasteiger partial charge in [0.1, 0.15) is 0 Å². The number of carbonyl (C=O) groups excluding carboxylic acids is 2. The molecule has 0 N–H and O–H groups in total. The minimum atomic E-state index is -0.271. The topological polar surface area (TPSA) is 48.2 Å². The van der Waals surface area contributed by atoms with E-state index in [9.17, 15) is 9.59 Å². The van der Waals surface area contributed by atoms with Crippen LogP contribution in [0.1, 0.15) is 13.8 Å². The maximum Gasteiger partial charge on any atom is 0.252 e. The standard InChI is InChI=1S/C6H8NO2/c1-3-4(2)6(9)7-5(3)8/h3-4H,1-2H3. The van der Waals surface area contributed by atoms with E-state index in [1.54, 1.807) is 13.8 Å². The van der Waals surface area contributed by atoms with Crippen molar-refractivity contribution in [3.05, 3.63) is 0 Å². The molecule has 0 aromatic carbocycles. The summed E-state index contributed by atoms with van der Waals surface area (Å²) in [6.45, 7) is 3.45. The van der Waals surface area contributed by atoms with Gasteiger partial charge in [-0.2, -0.15) is 5.32 Å². The molecular weight excluding hydrogens is 118 g/mol. The smallest absolute Gasteiger partial charge is 0.252 e. The molecule has 2 unspecified atom stereocenters. The Kier molecular flexibility index (Phi) is 1.27. The van der Waals surface area contributed by atoms with Crippen LogP contribution in [0.5, 0.6) is 0 Å². The fraction of sp³-hybridized carbons (Fsp3) is 0.667. The SMILES string of the molecule is CC1C(=O)[N]C(=O)C1C. The second-order valence-corrected chi connectivity index (χ2v) is 2.37. The van der Waals surface area contributed by atoms with Crippen LogP contribution in [-0.2, 0) is 9.59 Å². The van der Waals surface area contributed by atoms with Gasteiger partial charge in [-0.3, -0.25) is 9.59 Å². The summed E-state index contributed by atoms with van der Waals surface area (Å²) < 4.78 is 0. The van der Waals surface area contributed by atoms with Gasteiger partial charge in [-0.15, -0.1) is 0 Å². The third-order valence-electron chi connectivity index (χ3n) is 1.75. The van der Waals surface area contributed by atoms with Crippen LogP contribution in [0.25, 0.3) is 0 Å². The number of hydrogen-bond donors (Lipinski definition) is 0. The number of rotatable bonds is 0. The fourth-order valence-electron chi connectivity index (χ4n) is 0.740. The van der Waals surface area contributed by atoms with Gasteiger partial charge >= 0.3 is 0 Å². The Balaban J connectivity index is 2.77. The van der Waals surface area contributed by atoms with Gasteiger partial charge in [-0.25, -0.2) is 0 Å². The van der Waals surface area contributed by atoms with Crippen molar-refractivity contribution >= 4 is 11.8 Å². The van der Waals surface area contributed by atoms with Crippen molar-refractivity contribution in [3.63, 3.8) is 0 Å².